The Balaban J connectivity index is 1.60. The topological polar surface area (TPSA) is 75.7 Å². The normalized spacial score (nSPS) is 16.7. The summed E-state index contributed by atoms with van der Waals surface area (Å²) in [6, 6.07) is 22.7. The number of anilines is 1. The van der Waals surface area contributed by atoms with Crippen LogP contribution in [-0.4, -0.2) is 27.0 Å². The molecule has 0 aromatic heterocycles. The van der Waals surface area contributed by atoms with Crippen molar-refractivity contribution in [2.45, 2.75) is 30.9 Å². The van der Waals surface area contributed by atoms with Crippen molar-refractivity contribution >= 4 is 21.6 Å². The Morgan fingerprint density at radius 2 is 1.65 bits per heavy atom. The van der Waals surface area contributed by atoms with E-state index in [1.165, 1.54) is 4.31 Å². The summed E-state index contributed by atoms with van der Waals surface area (Å²) >= 11 is 0. The van der Waals surface area contributed by atoms with E-state index >= 15 is 0 Å². The first kappa shape index (κ1) is 20.9. The largest absolute Gasteiger partial charge is 0.476 e. The first-order valence-corrected chi connectivity index (χ1v) is 11.5. The number of nitrogens with zero attached hydrogens (tertiary/aromatic N) is 1. The molecule has 160 valence electrons. The molecule has 1 N–H and O–H groups in total. The van der Waals surface area contributed by atoms with Crippen molar-refractivity contribution in [2.24, 2.45) is 0 Å². The van der Waals surface area contributed by atoms with Crippen molar-refractivity contribution in [2.75, 3.05) is 10.8 Å². The van der Waals surface area contributed by atoms with Crippen LogP contribution in [0.25, 0.3) is 0 Å². The Morgan fingerprint density at radius 1 is 1.00 bits per heavy atom. The van der Waals surface area contributed by atoms with Gasteiger partial charge in [0.25, 0.3) is 15.9 Å². The van der Waals surface area contributed by atoms with E-state index in [-0.39, 0.29) is 23.4 Å². The Bertz CT molecular complexity index is 1180. The van der Waals surface area contributed by atoms with E-state index in [0.29, 0.717) is 11.4 Å². The van der Waals surface area contributed by atoms with Gasteiger partial charge in [0.05, 0.1) is 23.2 Å². The average Bonchev–Trinajstić information content (AvgIpc) is 2.79. The molecule has 1 amide bonds. The van der Waals surface area contributed by atoms with Gasteiger partial charge in [-0.1, -0.05) is 60.2 Å². The van der Waals surface area contributed by atoms with Crippen LogP contribution in [0.2, 0.25) is 0 Å². The van der Waals surface area contributed by atoms with Crippen LogP contribution in [0.5, 0.6) is 5.75 Å². The van der Waals surface area contributed by atoms with Gasteiger partial charge in [-0.25, -0.2) is 8.42 Å². The predicted octanol–water partition coefficient (Wildman–Crippen LogP) is 3.83. The third-order valence-corrected chi connectivity index (χ3v) is 7.09. The number of carbonyl (C=O) groups is 1. The molecule has 3 aromatic rings. The molecular formula is C24H24N2O4S. The Labute approximate surface area is 182 Å². The first-order chi connectivity index (χ1) is 14.9. The van der Waals surface area contributed by atoms with E-state index < -0.39 is 16.1 Å². The maximum absolute atomic E-state index is 13.3. The van der Waals surface area contributed by atoms with Crippen LogP contribution >= 0.6 is 0 Å². The predicted molar refractivity (Wildman–Crippen MR) is 120 cm³/mol. The number of amides is 1. The SMILES string of the molecule is Cc1ccc([C@H](C)NC(=O)[C@@H]2CN(S(=O)(=O)c3ccccc3)c3ccccc3O2)cc1. The minimum absolute atomic E-state index is 0.110. The maximum Gasteiger partial charge on any atom is 0.264 e. The van der Waals surface area contributed by atoms with Gasteiger partial charge >= 0.3 is 0 Å². The second kappa shape index (κ2) is 8.43. The summed E-state index contributed by atoms with van der Waals surface area (Å²) in [5.74, 6) is -0.00719. The lowest BCUT2D eigenvalue weighted by Gasteiger charge is -2.35. The highest BCUT2D eigenvalue weighted by atomic mass is 32.2. The number of ether oxygens (including phenoxy) is 1. The number of hydrogen-bond acceptors (Lipinski definition) is 4. The van der Waals surface area contributed by atoms with Crippen LogP contribution < -0.4 is 14.4 Å². The van der Waals surface area contributed by atoms with E-state index in [0.717, 1.165) is 11.1 Å². The number of fused-ring (bicyclic) bond motifs is 1. The maximum atomic E-state index is 13.3. The van der Waals surface area contributed by atoms with Gasteiger partial charge in [-0.15, -0.1) is 0 Å². The summed E-state index contributed by atoms with van der Waals surface area (Å²) in [5, 5.41) is 2.94. The van der Waals surface area contributed by atoms with Crippen LogP contribution in [0.1, 0.15) is 24.1 Å². The summed E-state index contributed by atoms with van der Waals surface area (Å²) in [6.45, 7) is 3.78. The van der Waals surface area contributed by atoms with Gasteiger partial charge in [0.1, 0.15) is 5.75 Å². The van der Waals surface area contributed by atoms with Gasteiger partial charge in [0.15, 0.2) is 6.10 Å². The number of hydrogen-bond donors (Lipinski definition) is 1. The highest BCUT2D eigenvalue weighted by Crippen LogP contribution is 2.36. The number of rotatable bonds is 5. The zero-order valence-corrected chi connectivity index (χ0v) is 18.2. The smallest absolute Gasteiger partial charge is 0.264 e. The summed E-state index contributed by atoms with van der Waals surface area (Å²) in [5.41, 5.74) is 2.52. The van der Waals surface area contributed by atoms with Gasteiger partial charge in [0.2, 0.25) is 0 Å². The highest BCUT2D eigenvalue weighted by Gasteiger charge is 2.37. The Kier molecular flexibility index (Phi) is 5.69. The van der Waals surface area contributed by atoms with E-state index in [9.17, 15) is 13.2 Å². The molecule has 0 fully saturated rings. The molecule has 0 aliphatic carbocycles. The molecule has 6 nitrogen and oxygen atoms in total. The van der Waals surface area contributed by atoms with Crippen LogP contribution in [0.3, 0.4) is 0 Å². The minimum Gasteiger partial charge on any atom is -0.476 e. The lowest BCUT2D eigenvalue weighted by Crippen LogP contribution is -2.51. The van der Waals surface area contributed by atoms with Crippen molar-refractivity contribution in [3.63, 3.8) is 0 Å². The summed E-state index contributed by atoms with van der Waals surface area (Å²) in [6.07, 6.45) is -0.971. The quantitative estimate of drug-likeness (QED) is 0.660. The molecule has 1 aliphatic rings. The fourth-order valence-electron chi connectivity index (χ4n) is 3.53. The summed E-state index contributed by atoms with van der Waals surface area (Å²) < 4.78 is 33.8. The molecule has 0 saturated carbocycles. The van der Waals surface area contributed by atoms with Crippen LogP contribution in [0.4, 0.5) is 5.69 Å². The number of benzene rings is 3. The summed E-state index contributed by atoms with van der Waals surface area (Å²) in [4.78, 5) is 13.2. The number of aryl methyl sites for hydroxylation is 1. The highest BCUT2D eigenvalue weighted by molar-refractivity contribution is 7.92. The van der Waals surface area contributed by atoms with Crippen molar-refractivity contribution in [1.29, 1.82) is 0 Å². The zero-order valence-electron chi connectivity index (χ0n) is 17.4. The molecule has 0 bridgehead atoms. The molecular weight excluding hydrogens is 412 g/mol. The summed E-state index contributed by atoms with van der Waals surface area (Å²) in [7, 11) is -3.85. The number of para-hydroxylation sites is 2. The van der Waals surface area contributed by atoms with E-state index in [1.807, 2.05) is 38.1 Å². The molecule has 1 heterocycles. The average molecular weight is 437 g/mol. The molecule has 0 spiro atoms. The van der Waals surface area contributed by atoms with Crippen molar-refractivity contribution in [1.82, 2.24) is 5.32 Å². The van der Waals surface area contributed by atoms with Gasteiger partial charge < -0.3 is 10.1 Å². The monoisotopic (exact) mass is 436 g/mol. The third kappa shape index (κ3) is 4.27. The fraction of sp³-hybridized carbons (Fsp3) is 0.208. The molecule has 4 rings (SSSR count). The lowest BCUT2D eigenvalue weighted by molar-refractivity contribution is -0.128. The van der Waals surface area contributed by atoms with E-state index in [2.05, 4.69) is 5.32 Å². The second-order valence-electron chi connectivity index (χ2n) is 7.56. The molecule has 2 atom stereocenters. The number of sulfonamides is 1. The van der Waals surface area contributed by atoms with Crippen LogP contribution in [-0.2, 0) is 14.8 Å². The standard InChI is InChI=1S/C24H24N2O4S/c1-17-12-14-19(15-13-17)18(2)25-24(27)23-16-26(21-10-6-7-11-22(21)30-23)31(28,29)20-8-4-3-5-9-20/h3-15,18,23H,16H2,1-2H3,(H,25,27)/t18-,23-/m0/s1. The fourth-order valence-corrected chi connectivity index (χ4v) is 5.03. The Morgan fingerprint density at radius 3 is 2.35 bits per heavy atom. The number of nitrogens with one attached hydrogen (secondary N) is 1. The zero-order chi connectivity index (χ0) is 22.0. The minimum atomic E-state index is -3.85. The van der Waals surface area contributed by atoms with Gasteiger partial charge in [-0.2, -0.15) is 0 Å². The first-order valence-electron chi connectivity index (χ1n) is 10.1. The number of carbonyl (C=O) groups excluding carboxylic acids is 1. The van der Waals surface area contributed by atoms with Gasteiger partial charge in [0, 0.05) is 0 Å². The molecule has 0 radical (unpaired) electrons. The second-order valence-corrected chi connectivity index (χ2v) is 9.43. The van der Waals surface area contributed by atoms with Gasteiger partial charge in [-0.3, -0.25) is 9.10 Å². The molecule has 31 heavy (non-hydrogen) atoms. The van der Waals surface area contributed by atoms with Gasteiger partial charge in [-0.05, 0) is 43.7 Å². The molecule has 7 heteroatoms. The van der Waals surface area contributed by atoms with Crippen LogP contribution in [0, 0.1) is 6.92 Å². The molecule has 0 saturated heterocycles. The van der Waals surface area contributed by atoms with Crippen molar-refractivity contribution < 1.29 is 17.9 Å². The molecule has 0 unspecified atom stereocenters. The Hall–Kier alpha value is -3.32. The van der Waals surface area contributed by atoms with E-state index in [4.69, 9.17) is 4.74 Å². The third-order valence-electron chi connectivity index (χ3n) is 5.29. The van der Waals surface area contributed by atoms with E-state index in [1.54, 1.807) is 54.6 Å². The molecule has 1 aliphatic heterocycles. The van der Waals surface area contributed by atoms with Crippen molar-refractivity contribution in [3.8, 4) is 5.75 Å². The lowest BCUT2D eigenvalue weighted by atomic mass is 10.1. The van der Waals surface area contributed by atoms with Crippen molar-refractivity contribution in [3.05, 3.63) is 90.0 Å². The van der Waals surface area contributed by atoms with Crippen LogP contribution in [0.15, 0.2) is 83.8 Å². The molecule has 3 aromatic carbocycles.